The second kappa shape index (κ2) is 5.69. The maximum atomic E-state index is 11.2. The number of fused-ring (bicyclic) bond motifs is 1. The van der Waals surface area contributed by atoms with Crippen LogP contribution >= 0.6 is 0 Å². The fraction of sp³-hybridized carbons (Fsp3) is 0.375. The first-order chi connectivity index (χ1) is 10.2. The van der Waals surface area contributed by atoms with Crippen molar-refractivity contribution in [3.8, 4) is 0 Å². The van der Waals surface area contributed by atoms with Gasteiger partial charge in [0.15, 0.2) is 0 Å². The zero-order valence-electron chi connectivity index (χ0n) is 11.7. The van der Waals surface area contributed by atoms with Gasteiger partial charge in [-0.3, -0.25) is 0 Å². The number of pyridine rings is 1. The Kier molecular flexibility index (Phi) is 3.75. The highest BCUT2D eigenvalue weighted by atomic mass is 16.4. The lowest BCUT2D eigenvalue weighted by Gasteiger charge is -2.38. The lowest BCUT2D eigenvalue weighted by Crippen LogP contribution is -2.42. The predicted molar refractivity (Wildman–Crippen MR) is 80.8 cm³/mol. The molecular weight excluding hydrogens is 268 g/mol. The maximum Gasteiger partial charge on any atom is 0.336 e. The van der Waals surface area contributed by atoms with Crippen molar-refractivity contribution in [1.82, 2.24) is 4.98 Å². The van der Waals surface area contributed by atoms with Crippen molar-refractivity contribution in [2.24, 2.45) is 0 Å². The van der Waals surface area contributed by atoms with Crippen LogP contribution in [0.15, 0.2) is 30.3 Å². The summed E-state index contributed by atoms with van der Waals surface area (Å²) < 4.78 is 0. The van der Waals surface area contributed by atoms with E-state index >= 15 is 0 Å². The van der Waals surface area contributed by atoms with Gasteiger partial charge in [0, 0.05) is 18.0 Å². The number of aliphatic hydroxyl groups excluding tert-OH is 1. The molecule has 1 heterocycles. The number of hydrogen-bond acceptors (Lipinski definition) is 4. The number of carboxylic acids is 1. The maximum absolute atomic E-state index is 11.2. The van der Waals surface area contributed by atoms with E-state index in [0.29, 0.717) is 23.5 Å². The average Bonchev–Trinajstić information content (AvgIpc) is 2.43. The molecular formula is C16H18N2O3. The summed E-state index contributed by atoms with van der Waals surface area (Å²) in [5.74, 6) is -0.134. The van der Waals surface area contributed by atoms with Gasteiger partial charge in [-0.25, -0.2) is 9.78 Å². The molecule has 1 aromatic carbocycles. The van der Waals surface area contributed by atoms with Crippen LogP contribution < -0.4 is 4.90 Å². The fourth-order valence-corrected chi connectivity index (χ4v) is 2.78. The molecule has 2 aromatic rings. The summed E-state index contributed by atoms with van der Waals surface area (Å²) in [5.41, 5.74) is 0.943. The van der Waals surface area contributed by atoms with Crippen molar-refractivity contribution in [3.63, 3.8) is 0 Å². The lowest BCUT2D eigenvalue weighted by molar-refractivity contribution is 0.0699. The molecule has 2 N–H and O–H groups in total. The third-order valence-corrected chi connectivity index (χ3v) is 4.10. The van der Waals surface area contributed by atoms with Gasteiger partial charge in [0.05, 0.1) is 17.7 Å². The number of nitrogens with zero attached hydrogens (tertiary/aromatic N) is 2. The first-order valence-electron chi connectivity index (χ1n) is 7.21. The molecule has 0 saturated heterocycles. The average molecular weight is 286 g/mol. The van der Waals surface area contributed by atoms with Gasteiger partial charge >= 0.3 is 5.97 Å². The second-order valence-electron chi connectivity index (χ2n) is 5.35. The Morgan fingerprint density at radius 3 is 2.71 bits per heavy atom. The number of rotatable bonds is 5. The first-order valence-corrected chi connectivity index (χ1v) is 7.21. The van der Waals surface area contributed by atoms with Crippen LogP contribution in [0.2, 0.25) is 0 Å². The van der Waals surface area contributed by atoms with Gasteiger partial charge in [-0.1, -0.05) is 6.07 Å². The van der Waals surface area contributed by atoms with Crippen molar-refractivity contribution in [3.05, 3.63) is 35.9 Å². The minimum absolute atomic E-state index is 0.0887. The fourth-order valence-electron chi connectivity index (χ4n) is 2.78. The molecule has 1 saturated carbocycles. The van der Waals surface area contributed by atoms with Crippen LogP contribution in [-0.2, 0) is 0 Å². The van der Waals surface area contributed by atoms with E-state index in [-0.39, 0.29) is 12.2 Å². The summed E-state index contributed by atoms with van der Waals surface area (Å²) in [4.78, 5) is 17.9. The molecule has 0 amide bonds. The molecule has 5 nitrogen and oxygen atoms in total. The van der Waals surface area contributed by atoms with Crippen LogP contribution in [0.4, 0.5) is 5.82 Å². The number of carboxylic acid groups (broad SMARTS) is 1. The number of aromatic nitrogens is 1. The predicted octanol–water partition coefficient (Wildman–Crippen LogP) is 2.28. The van der Waals surface area contributed by atoms with Crippen molar-refractivity contribution in [2.75, 3.05) is 18.1 Å². The van der Waals surface area contributed by atoms with Gasteiger partial charge in [-0.15, -0.1) is 0 Å². The van der Waals surface area contributed by atoms with E-state index in [1.165, 1.54) is 6.42 Å². The van der Waals surface area contributed by atoms with Gasteiger partial charge in [0.25, 0.3) is 0 Å². The Balaban J connectivity index is 2.01. The molecule has 3 rings (SSSR count). The van der Waals surface area contributed by atoms with Crippen molar-refractivity contribution >= 4 is 22.7 Å². The van der Waals surface area contributed by atoms with Crippen molar-refractivity contribution in [1.29, 1.82) is 0 Å². The molecule has 1 aromatic heterocycles. The van der Waals surface area contributed by atoms with Crippen LogP contribution in [-0.4, -0.2) is 40.4 Å². The monoisotopic (exact) mass is 286 g/mol. The minimum Gasteiger partial charge on any atom is -0.478 e. The van der Waals surface area contributed by atoms with Gasteiger partial charge in [0.1, 0.15) is 5.82 Å². The zero-order valence-corrected chi connectivity index (χ0v) is 11.7. The van der Waals surface area contributed by atoms with E-state index < -0.39 is 5.97 Å². The van der Waals surface area contributed by atoms with Gasteiger partial charge in [-0.2, -0.15) is 0 Å². The highest BCUT2D eigenvalue weighted by Crippen LogP contribution is 2.29. The first kappa shape index (κ1) is 13.8. The Bertz CT molecular complexity index is 668. The molecule has 1 fully saturated rings. The Morgan fingerprint density at radius 1 is 1.29 bits per heavy atom. The van der Waals surface area contributed by atoms with Crippen LogP contribution in [0.1, 0.15) is 29.6 Å². The number of carbonyl (C=O) groups is 1. The molecule has 0 aliphatic heterocycles. The summed E-state index contributed by atoms with van der Waals surface area (Å²) in [6, 6.07) is 9.21. The topological polar surface area (TPSA) is 73.7 Å². The van der Waals surface area contributed by atoms with E-state index in [2.05, 4.69) is 9.88 Å². The third-order valence-electron chi connectivity index (χ3n) is 4.10. The summed E-state index contributed by atoms with van der Waals surface area (Å²) in [6.45, 7) is 0.646. The standard InChI is InChI=1S/C16H18N2O3/c19-10-9-18(11-3-1-4-11)15-8-7-12-13(16(20)21)5-2-6-14(12)17-15/h2,5-8,11,19H,1,3-4,9-10H2,(H,20,21). The van der Waals surface area contributed by atoms with Crippen LogP contribution in [0.25, 0.3) is 10.9 Å². The summed E-state index contributed by atoms with van der Waals surface area (Å²) in [5, 5.41) is 19.1. The molecule has 21 heavy (non-hydrogen) atoms. The molecule has 5 heteroatoms. The Labute approximate surface area is 122 Å². The van der Waals surface area contributed by atoms with Crippen LogP contribution in [0, 0.1) is 0 Å². The van der Waals surface area contributed by atoms with Gasteiger partial charge in [0.2, 0.25) is 0 Å². The Morgan fingerprint density at radius 2 is 2.10 bits per heavy atom. The number of aliphatic hydroxyl groups is 1. The molecule has 1 aliphatic rings. The molecule has 0 spiro atoms. The highest BCUT2D eigenvalue weighted by molar-refractivity contribution is 6.02. The van der Waals surface area contributed by atoms with Crippen LogP contribution in [0.5, 0.6) is 0 Å². The van der Waals surface area contributed by atoms with E-state index in [9.17, 15) is 15.0 Å². The second-order valence-corrected chi connectivity index (χ2v) is 5.35. The molecule has 1 aliphatic carbocycles. The van der Waals surface area contributed by atoms with E-state index in [1.807, 2.05) is 18.2 Å². The summed E-state index contributed by atoms with van der Waals surface area (Å²) >= 11 is 0. The summed E-state index contributed by atoms with van der Waals surface area (Å²) in [6.07, 6.45) is 3.45. The quantitative estimate of drug-likeness (QED) is 0.882. The van der Waals surface area contributed by atoms with E-state index in [4.69, 9.17) is 0 Å². The molecule has 0 bridgehead atoms. The molecule has 0 radical (unpaired) electrons. The Hall–Kier alpha value is -2.14. The van der Waals surface area contributed by atoms with Gasteiger partial charge in [-0.05, 0) is 43.5 Å². The zero-order chi connectivity index (χ0) is 14.8. The van der Waals surface area contributed by atoms with E-state index in [0.717, 1.165) is 18.7 Å². The van der Waals surface area contributed by atoms with Crippen molar-refractivity contribution < 1.29 is 15.0 Å². The molecule has 0 unspecified atom stereocenters. The smallest absolute Gasteiger partial charge is 0.336 e. The lowest BCUT2D eigenvalue weighted by atomic mass is 9.91. The van der Waals surface area contributed by atoms with Gasteiger partial charge < -0.3 is 15.1 Å². The normalized spacial score (nSPS) is 14.9. The number of benzene rings is 1. The number of anilines is 1. The largest absolute Gasteiger partial charge is 0.478 e. The number of hydrogen-bond donors (Lipinski definition) is 2. The van der Waals surface area contributed by atoms with E-state index in [1.54, 1.807) is 12.1 Å². The summed E-state index contributed by atoms with van der Waals surface area (Å²) in [7, 11) is 0. The van der Waals surface area contributed by atoms with Crippen LogP contribution in [0.3, 0.4) is 0 Å². The SMILES string of the molecule is O=C(O)c1cccc2nc(N(CCO)C3CCC3)ccc12. The molecule has 110 valence electrons. The number of aromatic carboxylic acids is 1. The third kappa shape index (κ3) is 2.56. The highest BCUT2D eigenvalue weighted by Gasteiger charge is 2.25. The van der Waals surface area contributed by atoms with Crippen molar-refractivity contribution in [2.45, 2.75) is 25.3 Å². The molecule has 0 atom stereocenters. The minimum atomic E-state index is -0.943.